The fraction of sp³-hybridized carbons (Fsp3) is 0.500. The third-order valence-electron chi connectivity index (χ3n) is 2.30. The van der Waals surface area contributed by atoms with E-state index in [1.165, 1.54) is 0 Å². The SMILES string of the molecule is Cl.O=C(NCc1cc(Br)cs1)C1COCCN1. The van der Waals surface area contributed by atoms with Gasteiger partial charge in [-0.2, -0.15) is 0 Å². The minimum absolute atomic E-state index is 0. The van der Waals surface area contributed by atoms with E-state index in [1.54, 1.807) is 11.3 Å². The van der Waals surface area contributed by atoms with Crippen LogP contribution >= 0.6 is 39.7 Å². The second kappa shape index (κ2) is 7.33. The Morgan fingerprint density at radius 3 is 3.12 bits per heavy atom. The van der Waals surface area contributed by atoms with Crippen molar-refractivity contribution in [1.82, 2.24) is 10.6 Å². The lowest BCUT2D eigenvalue weighted by Crippen LogP contribution is -2.50. The van der Waals surface area contributed by atoms with Crippen LogP contribution in [0.4, 0.5) is 0 Å². The molecule has 0 saturated carbocycles. The van der Waals surface area contributed by atoms with Crippen molar-refractivity contribution in [3.8, 4) is 0 Å². The smallest absolute Gasteiger partial charge is 0.239 e. The van der Waals surface area contributed by atoms with Gasteiger partial charge in [0.25, 0.3) is 0 Å². The van der Waals surface area contributed by atoms with Crippen molar-refractivity contribution in [2.24, 2.45) is 0 Å². The summed E-state index contributed by atoms with van der Waals surface area (Å²) < 4.78 is 6.29. The first-order valence-electron chi connectivity index (χ1n) is 5.07. The molecule has 0 aromatic carbocycles. The number of halogens is 2. The number of carbonyl (C=O) groups is 1. The number of rotatable bonds is 3. The summed E-state index contributed by atoms with van der Waals surface area (Å²) in [6, 6.07) is 1.80. The Labute approximate surface area is 119 Å². The van der Waals surface area contributed by atoms with E-state index in [0.717, 1.165) is 15.9 Å². The molecule has 2 N–H and O–H groups in total. The number of carbonyl (C=O) groups excluding carboxylic acids is 1. The molecule has 2 heterocycles. The van der Waals surface area contributed by atoms with Crippen LogP contribution in [-0.2, 0) is 16.1 Å². The predicted octanol–water partition coefficient (Wildman–Crippen LogP) is 1.54. The number of hydrogen-bond donors (Lipinski definition) is 2. The number of morpholine rings is 1. The standard InChI is InChI=1S/C10H13BrN2O2S.ClH/c11-7-3-8(16-6-7)4-13-10(14)9-5-15-2-1-12-9;/h3,6,9,12H,1-2,4-5H2,(H,13,14);1H. The molecule has 17 heavy (non-hydrogen) atoms. The van der Waals surface area contributed by atoms with Crippen molar-refractivity contribution in [3.63, 3.8) is 0 Å². The zero-order chi connectivity index (χ0) is 11.4. The molecule has 1 saturated heterocycles. The molecule has 0 spiro atoms. The number of hydrogen-bond acceptors (Lipinski definition) is 4. The molecule has 1 fully saturated rings. The zero-order valence-corrected chi connectivity index (χ0v) is 12.3. The average molecular weight is 342 g/mol. The molecule has 1 atom stereocenters. The first kappa shape index (κ1) is 14.9. The molecule has 7 heteroatoms. The molecule has 0 radical (unpaired) electrons. The van der Waals surface area contributed by atoms with Gasteiger partial charge in [0.2, 0.25) is 5.91 Å². The van der Waals surface area contributed by atoms with Crippen LogP contribution in [0.25, 0.3) is 0 Å². The highest BCUT2D eigenvalue weighted by molar-refractivity contribution is 9.10. The van der Waals surface area contributed by atoms with Crippen LogP contribution in [0.15, 0.2) is 15.9 Å². The van der Waals surface area contributed by atoms with Crippen LogP contribution in [0.3, 0.4) is 0 Å². The van der Waals surface area contributed by atoms with Crippen molar-refractivity contribution in [1.29, 1.82) is 0 Å². The summed E-state index contributed by atoms with van der Waals surface area (Å²) in [6.07, 6.45) is 0. The maximum Gasteiger partial charge on any atom is 0.239 e. The lowest BCUT2D eigenvalue weighted by molar-refractivity contribution is -0.126. The summed E-state index contributed by atoms with van der Waals surface area (Å²) >= 11 is 5.01. The maximum atomic E-state index is 11.7. The maximum absolute atomic E-state index is 11.7. The van der Waals surface area contributed by atoms with E-state index >= 15 is 0 Å². The van der Waals surface area contributed by atoms with E-state index < -0.39 is 0 Å². The van der Waals surface area contributed by atoms with Gasteiger partial charge in [-0.15, -0.1) is 23.7 Å². The van der Waals surface area contributed by atoms with Gasteiger partial charge in [-0.05, 0) is 22.0 Å². The molecule has 2 rings (SSSR count). The van der Waals surface area contributed by atoms with Crippen LogP contribution in [0, 0.1) is 0 Å². The molecule has 1 aliphatic heterocycles. The van der Waals surface area contributed by atoms with Crippen molar-refractivity contribution < 1.29 is 9.53 Å². The number of ether oxygens (including phenoxy) is 1. The minimum atomic E-state index is -0.211. The van der Waals surface area contributed by atoms with Crippen LogP contribution in [-0.4, -0.2) is 31.7 Å². The highest BCUT2D eigenvalue weighted by atomic mass is 79.9. The van der Waals surface area contributed by atoms with Gasteiger partial charge in [-0.1, -0.05) is 0 Å². The quantitative estimate of drug-likeness (QED) is 0.877. The molecular weight excluding hydrogens is 328 g/mol. The second-order valence-corrected chi connectivity index (χ2v) is 5.44. The highest BCUT2D eigenvalue weighted by Crippen LogP contribution is 2.19. The van der Waals surface area contributed by atoms with E-state index in [-0.39, 0.29) is 24.4 Å². The van der Waals surface area contributed by atoms with E-state index in [4.69, 9.17) is 4.74 Å². The molecule has 4 nitrogen and oxygen atoms in total. The Bertz CT molecular complexity index is 369. The number of nitrogens with one attached hydrogen (secondary N) is 2. The fourth-order valence-corrected chi connectivity index (χ4v) is 2.87. The first-order valence-corrected chi connectivity index (χ1v) is 6.75. The topological polar surface area (TPSA) is 50.4 Å². The molecule has 1 aromatic rings. The molecule has 96 valence electrons. The highest BCUT2D eigenvalue weighted by Gasteiger charge is 2.20. The normalized spacial score (nSPS) is 19.5. The van der Waals surface area contributed by atoms with Crippen LogP contribution in [0.5, 0.6) is 0 Å². The molecule has 1 aliphatic rings. The lowest BCUT2D eigenvalue weighted by atomic mass is 10.2. The van der Waals surface area contributed by atoms with Gasteiger partial charge in [-0.25, -0.2) is 0 Å². The van der Waals surface area contributed by atoms with Gasteiger partial charge in [-0.3, -0.25) is 4.79 Å². The Morgan fingerprint density at radius 1 is 1.71 bits per heavy atom. The van der Waals surface area contributed by atoms with Gasteiger partial charge >= 0.3 is 0 Å². The third-order valence-corrected chi connectivity index (χ3v) is 3.99. The summed E-state index contributed by atoms with van der Waals surface area (Å²) in [6.45, 7) is 2.46. The van der Waals surface area contributed by atoms with Gasteiger partial charge < -0.3 is 15.4 Å². The number of thiophene rings is 1. The van der Waals surface area contributed by atoms with Crippen LogP contribution in [0.2, 0.25) is 0 Å². The average Bonchev–Trinajstić information content (AvgIpc) is 2.73. The van der Waals surface area contributed by atoms with Gasteiger partial charge in [0.1, 0.15) is 6.04 Å². The monoisotopic (exact) mass is 340 g/mol. The van der Waals surface area contributed by atoms with Gasteiger partial charge in [0.05, 0.1) is 19.8 Å². The molecule has 0 aliphatic carbocycles. The van der Waals surface area contributed by atoms with Crippen molar-refractivity contribution in [2.45, 2.75) is 12.6 Å². The summed E-state index contributed by atoms with van der Waals surface area (Å²) in [5, 5.41) is 8.01. The van der Waals surface area contributed by atoms with E-state index in [0.29, 0.717) is 19.8 Å². The van der Waals surface area contributed by atoms with Gasteiger partial charge in [0, 0.05) is 21.3 Å². The molecular formula is C10H14BrClN2O2S. The summed E-state index contributed by atoms with van der Waals surface area (Å²) in [7, 11) is 0. The van der Waals surface area contributed by atoms with E-state index in [1.807, 2.05) is 11.4 Å². The molecule has 0 bridgehead atoms. The predicted molar refractivity (Wildman–Crippen MR) is 73.7 cm³/mol. The van der Waals surface area contributed by atoms with Gasteiger partial charge in [0.15, 0.2) is 0 Å². The van der Waals surface area contributed by atoms with E-state index in [2.05, 4.69) is 26.6 Å². The molecule has 1 amide bonds. The molecule has 1 unspecified atom stereocenters. The molecule has 1 aromatic heterocycles. The fourth-order valence-electron chi connectivity index (χ4n) is 1.48. The van der Waals surface area contributed by atoms with Crippen LogP contribution in [0.1, 0.15) is 4.88 Å². The van der Waals surface area contributed by atoms with Crippen molar-refractivity contribution in [2.75, 3.05) is 19.8 Å². The van der Waals surface area contributed by atoms with Crippen molar-refractivity contribution in [3.05, 3.63) is 20.8 Å². The van der Waals surface area contributed by atoms with E-state index in [9.17, 15) is 4.79 Å². The minimum Gasteiger partial charge on any atom is -0.378 e. The lowest BCUT2D eigenvalue weighted by Gasteiger charge is -2.22. The Balaban J connectivity index is 0.00000144. The van der Waals surface area contributed by atoms with Crippen LogP contribution < -0.4 is 10.6 Å². The summed E-state index contributed by atoms with van der Waals surface area (Å²) in [4.78, 5) is 12.9. The second-order valence-electron chi connectivity index (χ2n) is 3.53. The Kier molecular flexibility index (Phi) is 6.43. The largest absolute Gasteiger partial charge is 0.378 e. The first-order chi connectivity index (χ1) is 7.75. The summed E-state index contributed by atoms with van der Waals surface area (Å²) in [5.74, 6) is 0.00391. The number of amides is 1. The summed E-state index contributed by atoms with van der Waals surface area (Å²) in [5.41, 5.74) is 0. The Morgan fingerprint density at radius 2 is 2.53 bits per heavy atom. The Hall–Kier alpha value is -0.140. The zero-order valence-electron chi connectivity index (χ0n) is 9.07. The third kappa shape index (κ3) is 4.56. The van der Waals surface area contributed by atoms with Crippen molar-refractivity contribution >= 4 is 45.6 Å².